The maximum absolute atomic E-state index is 8.94. The summed E-state index contributed by atoms with van der Waals surface area (Å²) < 4.78 is 5.27. The minimum atomic E-state index is -0.411. The maximum atomic E-state index is 8.94. The van der Waals surface area contributed by atoms with E-state index in [9.17, 15) is 0 Å². The molecule has 66 valence electrons. The Hall–Kier alpha value is -1.02. The van der Waals surface area contributed by atoms with Gasteiger partial charge in [-0.3, -0.25) is 0 Å². The highest BCUT2D eigenvalue weighted by molar-refractivity contribution is 5.26. The fraction of sp³-hybridized carbons (Fsp3) is 0.400. The molecule has 0 heterocycles. The van der Waals surface area contributed by atoms with Crippen molar-refractivity contribution in [1.82, 2.24) is 0 Å². The van der Waals surface area contributed by atoms with Gasteiger partial charge < -0.3 is 9.84 Å². The molecule has 0 fully saturated rings. The molecule has 1 atom stereocenters. The molecule has 1 rings (SSSR count). The Labute approximate surface area is 72.8 Å². The zero-order valence-corrected chi connectivity index (χ0v) is 7.45. The molecular formula is C10H14O2. The normalized spacial score (nSPS) is 12.6. The van der Waals surface area contributed by atoms with Crippen molar-refractivity contribution in [2.24, 2.45) is 0 Å². The standard InChI is InChI=1S/C10H14O2/c1-8-3-5-10(6-4-8)12-7-9(2)11/h3-6,9,11H,7H2,1-2H3/t9-/m0/s1. The first kappa shape index (κ1) is 9.07. The van der Waals surface area contributed by atoms with Crippen LogP contribution in [0.4, 0.5) is 0 Å². The van der Waals surface area contributed by atoms with Crippen LogP contribution in [0.5, 0.6) is 5.75 Å². The molecule has 0 aliphatic heterocycles. The van der Waals surface area contributed by atoms with Gasteiger partial charge in [0.15, 0.2) is 0 Å². The molecule has 12 heavy (non-hydrogen) atoms. The van der Waals surface area contributed by atoms with Gasteiger partial charge in [0.1, 0.15) is 12.4 Å². The van der Waals surface area contributed by atoms with E-state index in [2.05, 4.69) is 0 Å². The van der Waals surface area contributed by atoms with Gasteiger partial charge >= 0.3 is 0 Å². The monoisotopic (exact) mass is 166 g/mol. The molecule has 0 bridgehead atoms. The highest BCUT2D eigenvalue weighted by Crippen LogP contribution is 2.11. The highest BCUT2D eigenvalue weighted by Gasteiger charge is 1.96. The molecule has 0 aromatic heterocycles. The Morgan fingerprint density at radius 2 is 1.92 bits per heavy atom. The van der Waals surface area contributed by atoms with E-state index in [-0.39, 0.29) is 0 Å². The topological polar surface area (TPSA) is 29.5 Å². The Balaban J connectivity index is 2.48. The molecule has 0 unspecified atom stereocenters. The zero-order valence-electron chi connectivity index (χ0n) is 7.45. The molecule has 1 aromatic rings. The summed E-state index contributed by atoms with van der Waals surface area (Å²) in [6, 6.07) is 7.77. The third-order valence-electron chi connectivity index (χ3n) is 1.51. The van der Waals surface area contributed by atoms with Gasteiger partial charge in [-0.15, -0.1) is 0 Å². The summed E-state index contributed by atoms with van der Waals surface area (Å²) in [7, 11) is 0. The molecule has 2 heteroatoms. The number of ether oxygens (including phenoxy) is 1. The van der Waals surface area contributed by atoms with Gasteiger partial charge in [-0.1, -0.05) is 17.7 Å². The Morgan fingerprint density at radius 3 is 2.42 bits per heavy atom. The van der Waals surface area contributed by atoms with Crippen LogP contribution in [-0.2, 0) is 0 Å². The summed E-state index contributed by atoms with van der Waals surface area (Å²) in [6.07, 6.45) is -0.411. The van der Waals surface area contributed by atoms with Crippen molar-refractivity contribution in [3.05, 3.63) is 29.8 Å². The van der Waals surface area contributed by atoms with Crippen LogP contribution in [-0.4, -0.2) is 17.8 Å². The number of benzene rings is 1. The molecule has 0 radical (unpaired) electrons. The van der Waals surface area contributed by atoms with E-state index in [4.69, 9.17) is 9.84 Å². The Bertz CT molecular complexity index is 226. The number of hydrogen-bond acceptors (Lipinski definition) is 2. The third kappa shape index (κ3) is 2.93. The summed E-state index contributed by atoms with van der Waals surface area (Å²) in [4.78, 5) is 0. The van der Waals surface area contributed by atoms with E-state index in [1.165, 1.54) is 5.56 Å². The average Bonchev–Trinajstić information content (AvgIpc) is 2.03. The summed E-state index contributed by atoms with van der Waals surface area (Å²) in [6.45, 7) is 4.08. The molecule has 0 saturated heterocycles. The van der Waals surface area contributed by atoms with Crippen molar-refractivity contribution >= 4 is 0 Å². The molecule has 0 aliphatic rings. The van der Waals surface area contributed by atoms with E-state index in [0.717, 1.165) is 5.75 Å². The van der Waals surface area contributed by atoms with Crippen LogP contribution in [0.25, 0.3) is 0 Å². The molecule has 1 N–H and O–H groups in total. The lowest BCUT2D eigenvalue weighted by Crippen LogP contribution is -2.12. The summed E-state index contributed by atoms with van der Waals surface area (Å²) >= 11 is 0. The van der Waals surface area contributed by atoms with Gasteiger partial charge in [0.2, 0.25) is 0 Å². The molecule has 1 aromatic carbocycles. The van der Waals surface area contributed by atoms with Crippen LogP contribution in [0.3, 0.4) is 0 Å². The first-order valence-corrected chi connectivity index (χ1v) is 4.06. The van der Waals surface area contributed by atoms with E-state index in [1.54, 1.807) is 6.92 Å². The number of aliphatic hydroxyl groups is 1. The second-order valence-corrected chi connectivity index (χ2v) is 2.97. The quantitative estimate of drug-likeness (QED) is 0.741. The lowest BCUT2D eigenvalue weighted by atomic mass is 10.2. The van der Waals surface area contributed by atoms with Crippen LogP contribution < -0.4 is 4.74 Å². The Kier molecular flexibility index (Phi) is 3.11. The van der Waals surface area contributed by atoms with Crippen molar-refractivity contribution < 1.29 is 9.84 Å². The minimum absolute atomic E-state index is 0.350. The Morgan fingerprint density at radius 1 is 1.33 bits per heavy atom. The second-order valence-electron chi connectivity index (χ2n) is 2.97. The number of rotatable bonds is 3. The van der Waals surface area contributed by atoms with E-state index < -0.39 is 6.10 Å². The predicted octanol–water partition coefficient (Wildman–Crippen LogP) is 1.75. The first-order valence-electron chi connectivity index (χ1n) is 4.06. The van der Waals surface area contributed by atoms with Crippen molar-refractivity contribution in [2.75, 3.05) is 6.61 Å². The molecule has 0 spiro atoms. The van der Waals surface area contributed by atoms with Crippen molar-refractivity contribution in [2.45, 2.75) is 20.0 Å². The van der Waals surface area contributed by atoms with Crippen molar-refractivity contribution in [3.8, 4) is 5.75 Å². The zero-order chi connectivity index (χ0) is 8.97. The fourth-order valence-electron chi connectivity index (χ4n) is 0.851. The largest absolute Gasteiger partial charge is 0.491 e. The van der Waals surface area contributed by atoms with Gasteiger partial charge in [-0.05, 0) is 26.0 Å². The smallest absolute Gasteiger partial charge is 0.119 e. The predicted molar refractivity (Wildman–Crippen MR) is 48.4 cm³/mol. The number of aliphatic hydroxyl groups excluding tert-OH is 1. The van der Waals surface area contributed by atoms with Crippen LogP contribution >= 0.6 is 0 Å². The summed E-state index contributed by atoms with van der Waals surface area (Å²) in [5.74, 6) is 0.807. The first-order chi connectivity index (χ1) is 5.68. The van der Waals surface area contributed by atoms with Gasteiger partial charge in [-0.25, -0.2) is 0 Å². The van der Waals surface area contributed by atoms with E-state index in [1.807, 2.05) is 31.2 Å². The van der Waals surface area contributed by atoms with Gasteiger partial charge in [-0.2, -0.15) is 0 Å². The van der Waals surface area contributed by atoms with E-state index >= 15 is 0 Å². The summed E-state index contributed by atoms with van der Waals surface area (Å²) in [5.41, 5.74) is 1.21. The average molecular weight is 166 g/mol. The van der Waals surface area contributed by atoms with Crippen LogP contribution in [0, 0.1) is 6.92 Å². The number of hydrogen-bond donors (Lipinski definition) is 1. The van der Waals surface area contributed by atoms with Gasteiger partial charge in [0, 0.05) is 0 Å². The number of aryl methyl sites for hydroxylation is 1. The molecule has 0 saturated carbocycles. The molecule has 2 nitrogen and oxygen atoms in total. The maximum Gasteiger partial charge on any atom is 0.119 e. The highest BCUT2D eigenvalue weighted by atomic mass is 16.5. The lowest BCUT2D eigenvalue weighted by molar-refractivity contribution is 0.122. The molecule has 0 amide bonds. The molecular weight excluding hydrogens is 152 g/mol. The SMILES string of the molecule is Cc1ccc(OC[C@H](C)O)cc1. The van der Waals surface area contributed by atoms with Crippen LogP contribution in [0.1, 0.15) is 12.5 Å². The van der Waals surface area contributed by atoms with Gasteiger partial charge in [0.25, 0.3) is 0 Å². The lowest BCUT2D eigenvalue weighted by Gasteiger charge is -2.07. The second kappa shape index (κ2) is 4.12. The van der Waals surface area contributed by atoms with Crippen LogP contribution in [0.15, 0.2) is 24.3 Å². The van der Waals surface area contributed by atoms with Crippen LogP contribution in [0.2, 0.25) is 0 Å². The minimum Gasteiger partial charge on any atom is -0.491 e. The van der Waals surface area contributed by atoms with Gasteiger partial charge in [0.05, 0.1) is 6.10 Å². The van der Waals surface area contributed by atoms with Crippen molar-refractivity contribution in [3.63, 3.8) is 0 Å². The van der Waals surface area contributed by atoms with Crippen molar-refractivity contribution in [1.29, 1.82) is 0 Å². The summed E-state index contributed by atoms with van der Waals surface area (Å²) in [5, 5.41) is 8.94. The van der Waals surface area contributed by atoms with E-state index in [0.29, 0.717) is 6.61 Å². The molecule has 0 aliphatic carbocycles. The fourth-order valence-corrected chi connectivity index (χ4v) is 0.851. The third-order valence-corrected chi connectivity index (χ3v) is 1.51.